The summed E-state index contributed by atoms with van der Waals surface area (Å²) in [5.41, 5.74) is 1.20. The van der Waals surface area contributed by atoms with Gasteiger partial charge in [0.1, 0.15) is 0 Å². The summed E-state index contributed by atoms with van der Waals surface area (Å²) in [4.78, 5) is 17.1. The van der Waals surface area contributed by atoms with E-state index in [2.05, 4.69) is 22.9 Å². The lowest BCUT2D eigenvalue weighted by Crippen LogP contribution is -2.25. The maximum absolute atomic E-state index is 10.7. The van der Waals surface area contributed by atoms with Gasteiger partial charge in [-0.3, -0.25) is 14.7 Å². The minimum absolute atomic E-state index is 0.288. The Morgan fingerprint density at radius 2 is 2.53 bits per heavy atom. The second kappa shape index (κ2) is 5.27. The Balaban J connectivity index is 1.94. The lowest BCUT2D eigenvalue weighted by atomic mass is 10.1. The summed E-state index contributed by atoms with van der Waals surface area (Å²) in [6.07, 6.45) is 4.93. The molecule has 2 heterocycles. The van der Waals surface area contributed by atoms with Crippen molar-refractivity contribution in [1.82, 2.24) is 9.88 Å². The highest BCUT2D eigenvalue weighted by atomic mass is 16.4. The van der Waals surface area contributed by atoms with Gasteiger partial charge in [-0.05, 0) is 37.4 Å². The number of likely N-dealkylation sites (tertiary alicyclic amines) is 1. The van der Waals surface area contributed by atoms with Crippen LogP contribution in [0.25, 0.3) is 0 Å². The molecule has 1 saturated heterocycles. The molecular formula is C13H18N2O2. The van der Waals surface area contributed by atoms with E-state index in [9.17, 15) is 4.79 Å². The number of carboxylic acid groups (broad SMARTS) is 1. The zero-order chi connectivity index (χ0) is 12.3. The number of pyridine rings is 1. The van der Waals surface area contributed by atoms with E-state index in [0.29, 0.717) is 12.0 Å². The second-order valence-corrected chi connectivity index (χ2v) is 4.71. The van der Waals surface area contributed by atoms with E-state index in [4.69, 9.17) is 5.11 Å². The normalized spacial score (nSPS) is 22.5. The SMILES string of the molecule is CC(c1cccnc1)N1CCC(CC(=O)O)C1. The van der Waals surface area contributed by atoms with Gasteiger partial charge in [-0.1, -0.05) is 6.07 Å². The zero-order valence-corrected chi connectivity index (χ0v) is 10.0. The number of nitrogens with zero attached hydrogens (tertiary/aromatic N) is 2. The van der Waals surface area contributed by atoms with Crippen LogP contribution in [-0.2, 0) is 4.79 Å². The molecule has 1 aliphatic heterocycles. The number of rotatable bonds is 4. The molecule has 0 aliphatic carbocycles. The summed E-state index contributed by atoms with van der Waals surface area (Å²) >= 11 is 0. The van der Waals surface area contributed by atoms with Gasteiger partial charge < -0.3 is 5.11 Å². The van der Waals surface area contributed by atoms with Gasteiger partial charge in [-0.2, -0.15) is 0 Å². The van der Waals surface area contributed by atoms with Crippen LogP contribution in [0.4, 0.5) is 0 Å². The highest BCUT2D eigenvalue weighted by Gasteiger charge is 2.28. The molecule has 0 aromatic carbocycles. The van der Waals surface area contributed by atoms with E-state index in [-0.39, 0.29) is 6.42 Å². The van der Waals surface area contributed by atoms with Crippen LogP contribution in [0.3, 0.4) is 0 Å². The first-order valence-corrected chi connectivity index (χ1v) is 6.02. The molecule has 92 valence electrons. The lowest BCUT2D eigenvalue weighted by Gasteiger charge is -2.24. The largest absolute Gasteiger partial charge is 0.481 e. The third kappa shape index (κ3) is 3.03. The Labute approximate surface area is 101 Å². The molecule has 0 bridgehead atoms. The van der Waals surface area contributed by atoms with Crippen molar-refractivity contribution in [3.63, 3.8) is 0 Å². The average molecular weight is 234 g/mol. The summed E-state index contributed by atoms with van der Waals surface area (Å²) in [6.45, 7) is 4.01. The second-order valence-electron chi connectivity index (χ2n) is 4.71. The molecule has 1 aromatic rings. The summed E-state index contributed by atoms with van der Waals surface area (Å²) in [5, 5.41) is 8.79. The Kier molecular flexibility index (Phi) is 3.74. The number of carbonyl (C=O) groups is 1. The fourth-order valence-electron chi connectivity index (χ4n) is 2.46. The minimum atomic E-state index is -0.689. The smallest absolute Gasteiger partial charge is 0.303 e. The van der Waals surface area contributed by atoms with E-state index in [1.165, 1.54) is 5.56 Å². The van der Waals surface area contributed by atoms with Crippen molar-refractivity contribution in [2.45, 2.75) is 25.8 Å². The molecule has 4 nitrogen and oxygen atoms in total. The van der Waals surface area contributed by atoms with Crippen molar-refractivity contribution in [1.29, 1.82) is 0 Å². The predicted octanol–water partition coefficient (Wildman–Crippen LogP) is 1.94. The minimum Gasteiger partial charge on any atom is -0.481 e. The first-order valence-electron chi connectivity index (χ1n) is 6.02. The van der Waals surface area contributed by atoms with E-state index in [1.807, 2.05) is 12.3 Å². The maximum atomic E-state index is 10.7. The van der Waals surface area contributed by atoms with Crippen LogP contribution in [-0.4, -0.2) is 34.0 Å². The fourth-order valence-corrected chi connectivity index (χ4v) is 2.46. The van der Waals surface area contributed by atoms with Gasteiger partial charge in [0, 0.05) is 31.4 Å². The third-order valence-corrected chi connectivity index (χ3v) is 3.50. The van der Waals surface area contributed by atoms with Gasteiger partial charge in [0.25, 0.3) is 0 Å². The number of carboxylic acids is 1. The molecule has 17 heavy (non-hydrogen) atoms. The highest BCUT2D eigenvalue weighted by molar-refractivity contribution is 5.67. The van der Waals surface area contributed by atoms with Gasteiger partial charge in [-0.25, -0.2) is 0 Å². The molecule has 2 unspecified atom stereocenters. The molecule has 1 aliphatic rings. The maximum Gasteiger partial charge on any atom is 0.303 e. The molecule has 0 amide bonds. The van der Waals surface area contributed by atoms with Crippen LogP contribution in [0.2, 0.25) is 0 Å². The predicted molar refractivity (Wildman–Crippen MR) is 64.6 cm³/mol. The van der Waals surface area contributed by atoms with E-state index >= 15 is 0 Å². The highest BCUT2D eigenvalue weighted by Crippen LogP contribution is 2.28. The molecule has 1 fully saturated rings. The third-order valence-electron chi connectivity index (χ3n) is 3.50. The molecule has 0 spiro atoms. The van der Waals surface area contributed by atoms with Gasteiger partial charge in [-0.15, -0.1) is 0 Å². The summed E-state index contributed by atoms with van der Waals surface area (Å²) in [6, 6.07) is 4.33. The Hall–Kier alpha value is -1.42. The summed E-state index contributed by atoms with van der Waals surface area (Å²) in [5.74, 6) is -0.391. The first kappa shape index (κ1) is 12.0. The van der Waals surface area contributed by atoms with E-state index in [0.717, 1.165) is 19.5 Å². The first-order chi connectivity index (χ1) is 8.16. The number of aromatic nitrogens is 1. The zero-order valence-electron chi connectivity index (χ0n) is 10.0. The molecule has 2 atom stereocenters. The van der Waals surface area contributed by atoms with Crippen molar-refractivity contribution in [2.75, 3.05) is 13.1 Å². The van der Waals surface area contributed by atoms with Crippen LogP contribution in [0.1, 0.15) is 31.4 Å². The Morgan fingerprint density at radius 1 is 1.71 bits per heavy atom. The van der Waals surface area contributed by atoms with Crippen LogP contribution in [0.15, 0.2) is 24.5 Å². The fraction of sp³-hybridized carbons (Fsp3) is 0.538. The van der Waals surface area contributed by atoms with Crippen molar-refractivity contribution < 1.29 is 9.90 Å². The van der Waals surface area contributed by atoms with Gasteiger partial charge in [0.2, 0.25) is 0 Å². The Bertz CT molecular complexity index is 380. The molecule has 0 saturated carbocycles. The molecule has 4 heteroatoms. The molecule has 2 rings (SSSR count). The van der Waals surface area contributed by atoms with E-state index in [1.54, 1.807) is 6.20 Å². The van der Waals surface area contributed by atoms with Crippen molar-refractivity contribution in [3.05, 3.63) is 30.1 Å². The van der Waals surface area contributed by atoms with Crippen LogP contribution in [0.5, 0.6) is 0 Å². The standard InChI is InChI=1S/C13H18N2O2/c1-10(12-3-2-5-14-8-12)15-6-4-11(9-15)7-13(16)17/h2-3,5,8,10-11H,4,6-7,9H2,1H3,(H,16,17). The van der Waals surface area contributed by atoms with Crippen LogP contribution in [0, 0.1) is 5.92 Å². The van der Waals surface area contributed by atoms with Crippen molar-refractivity contribution in [2.24, 2.45) is 5.92 Å². The van der Waals surface area contributed by atoms with Crippen molar-refractivity contribution >= 4 is 5.97 Å². The Morgan fingerprint density at radius 3 is 3.18 bits per heavy atom. The number of aliphatic carboxylic acids is 1. The lowest BCUT2D eigenvalue weighted by molar-refractivity contribution is -0.138. The average Bonchev–Trinajstić information content (AvgIpc) is 2.77. The topological polar surface area (TPSA) is 53.4 Å². The number of hydrogen-bond acceptors (Lipinski definition) is 3. The van der Waals surface area contributed by atoms with Crippen molar-refractivity contribution in [3.8, 4) is 0 Å². The quantitative estimate of drug-likeness (QED) is 0.865. The molecule has 1 N–H and O–H groups in total. The number of hydrogen-bond donors (Lipinski definition) is 1. The van der Waals surface area contributed by atoms with Crippen LogP contribution >= 0.6 is 0 Å². The summed E-state index contributed by atoms with van der Waals surface area (Å²) < 4.78 is 0. The van der Waals surface area contributed by atoms with E-state index < -0.39 is 5.97 Å². The van der Waals surface area contributed by atoms with Gasteiger partial charge in [0.15, 0.2) is 0 Å². The van der Waals surface area contributed by atoms with Gasteiger partial charge >= 0.3 is 5.97 Å². The monoisotopic (exact) mass is 234 g/mol. The molecular weight excluding hydrogens is 216 g/mol. The van der Waals surface area contributed by atoms with Gasteiger partial charge in [0.05, 0.1) is 0 Å². The molecule has 0 radical (unpaired) electrons. The van der Waals surface area contributed by atoms with Crippen LogP contribution < -0.4 is 0 Å². The summed E-state index contributed by atoms with van der Waals surface area (Å²) in [7, 11) is 0. The molecule has 1 aromatic heterocycles.